The summed E-state index contributed by atoms with van der Waals surface area (Å²) in [5.41, 5.74) is 1.08. The minimum absolute atomic E-state index is 0.0726. The van der Waals surface area contributed by atoms with Crippen LogP contribution >= 0.6 is 11.8 Å². The van der Waals surface area contributed by atoms with Crippen LogP contribution in [0.3, 0.4) is 0 Å². The van der Waals surface area contributed by atoms with Gasteiger partial charge in [-0.2, -0.15) is 11.8 Å². The fourth-order valence-electron chi connectivity index (χ4n) is 2.65. The summed E-state index contributed by atoms with van der Waals surface area (Å²) in [5, 5.41) is 3.72. The number of benzene rings is 1. The lowest BCUT2D eigenvalue weighted by molar-refractivity contribution is 0.552. The van der Waals surface area contributed by atoms with Gasteiger partial charge >= 0.3 is 0 Å². The van der Waals surface area contributed by atoms with Gasteiger partial charge in [0.25, 0.3) is 0 Å². The van der Waals surface area contributed by atoms with Crippen molar-refractivity contribution in [3.05, 3.63) is 29.8 Å². The Labute approximate surface area is 132 Å². The number of rotatable bonds is 6. The highest BCUT2D eigenvalue weighted by atomic mass is 32.2. The number of hydrogen-bond donors (Lipinski definition) is 2. The molecular formula is C15H24N2O2S2. The highest BCUT2D eigenvalue weighted by Crippen LogP contribution is 2.29. The van der Waals surface area contributed by atoms with Gasteiger partial charge in [0.2, 0.25) is 10.0 Å². The van der Waals surface area contributed by atoms with Gasteiger partial charge < -0.3 is 5.32 Å². The van der Waals surface area contributed by atoms with E-state index in [-0.39, 0.29) is 12.1 Å². The van der Waals surface area contributed by atoms with E-state index in [1.165, 1.54) is 0 Å². The average molecular weight is 329 g/mol. The van der Waals surface area contributed by atoms with Crippen molar-refractivity contribution in [2.24, 2.45) is 0 Å². The molecule has 1 fully saturated rings. The van der Waals surface area contributed by atoms with Crippen LogP contribution < -0.4 is 10.0 Å². The lowest BCUT2D eigenvalue weighted by Crippen LogP contribution is -2.33. The van der Waals surface area contributed by atoms with E-state index in [9.17, 15) is 8.42 Å². The third-order valence-electron chi connectivity index (χ3n) is 4.16. The second kappa shape index (κ2) is 7.13. The summed E-state index contributed by atoms with van der Waals surface area (Å²) in [4.78, 5) is 0.349. The maximum Gasteiger partial charge on any atom is 0.240 e. The molecular weight excluding hydrogens is 304 g/mol. The van der Waals surface area contributed by atoms with E-state index >= 15 is 0 Å². The van der Waals surface area contributed by atoms with Crippen molar-refractivity contribution in [1.82, 2.24) is 10.0 Å². The summed E-state index contributed by atoms with van der Waals surface area (Å²) in [7, 11) is -1.52. The highest BCUT2D eigenvalue weighted by Gasteiger charge is 2.28. The van der Waals surface area contributed by atoms with Crippen LogP contribution in [0.15, 0.2) is 29.2 Å². The van der Waals surface area contributed by atoms with E-state index in [0.717, 1.165) is 24.8 Å². The van der Waals surface area contributed by atoms with E-state index in [0.29, 0.717) is 10.1 Å². The first-order chi connectivity index (χ1) is 9.96. The van der Waals surface area contributed by atoms with E-state index in [2.05, 4.69) is 16.3 Å². The first-order valence-electron chi connectivity index (χ1n) is 7.28. The molecule has 2 N–H and O–H groups in total. The smallest absolute Gasteiger partial charge is 0.240 e. The van der Waals surface area contributed by atoms with Crippen LogP contribution in [0.5, 0.6) is 0 Å². The second-order valence-corrected chi connectivity index (χ2v) is 8.42. The molecule has 1 aliphatic rings. The zero-order valence-corrected chi connectivity index (χ0v) is 14.4. The van der Waals surface area contributed by atoms with Crippen molar-refractivity contribution in [2.45, 2.75) is 48.4 Å². The molecule has 1 aromatic rings. The maximum absolute atomic E-state index is 12.4. The van der Waals surface area contributed by atoms with Gasteiger partial charge in [-0.25, -0.2) is 13.1 Å². The van der Waals surface area contributed by atoms with Crippen molar-refractivity contribution in [3.63, 3.8) is 0 Å². The Morgan fingerprint density at radius 2 is 1.90 bits per heavy atom. The molecule has 118 valence electrons. The Morgan fingerprint density at radius 1 is 1.24 bits per heavy atom. The van der Waals surface area contributed by atoms with Gasteiger partial charge in [0.15, 0.2) is 0 Å². The van der Waals surface area contributed by atoms with E-state index in [1.807, 2.05) is 37.9 Å². The van der Waals surface area contributed by atoms with Crippen molar-refractivity contribution in [2.75, 3.05) is 13.3 Å². The van der Waals surface area contributed by atoms with Gasteiger partial charge in [-0.3, -0.25) is 0 Å². The summed E-state index contributed by atoms with van der Waals surface area (Å²) >= 11 is 1.82. The molecule has 3 atom stereocenters. The molecule has 0 spiro atoms. The Bertz CT molecular complexity index is 558. The van der Waals surface area contributed by atoms with Gasteiger partial charge in [0, 0.05) is 17.3 Å². The van der Waals surface area contributed by atoms with Crippen LogP contribution in [0.25, 0.3) is 0 Å². The van der Waals surface area contributed by atoms with Gasteiger partial charge in [0.05, 0.1) is 4.90 Å². The monoisotopic (exact) mass is 328 g/mol. The molecule has 1 aromatic carbocycles. The first kappa shape index (κ1) is 16.8. The van der Waals surface area contributed by atoms with Gasteiger partial charge in [-0.1, -0.05) is 12.1 Å². The molecule has 3 unspecified atom stereocenters. The van der Waals surface area contributed by atoms with E-state index < -0.39 is 10.0 Å². The lowest BCUT2D eigenvalue weighted by atomic mass is 10.1. The Balaban J connectivity index is 2.06. The molecule has 2 rings (SSSR count). The Kier molecular flexibility index (Phi) is 5.71. The SMILES string of the molecule is CNC(C)c1ccc(S(=O)(=O)NC2CCC(SC)C2)cc1. The zero-order valence-electron chi connectivity index (χ0n) is 12.8. The maximum atomic E-state index is 12.4. The van der Waals surface area contributed by atoms with Gasteiger partial charge in [-0.05, 0) is 57.2 Å². The van der Waals surface area contributed by atoms with Crippen molar-refractivity contribution in [1.29, 1.82) is 0 Å². The molecule has 0 radical (unpaired) electrons. The predicted molar refractivity (Wildman–Crippen MR) is 89.2 cm³/mol. The van der Waals surface area contributed by atoms with Crippen LogP contribution in [0.4, 0.5) is 0 Å². The van der Waals surface area contributed by atoms with Crippen LogP contribution in [-0.4, -0.2) is 33.0 Å². The molecule has 0 heterocycles. The quantitative estimate of drug-likeness (QED) is 0.842. The average Bonchev–Trinajstić information content (AvgIpc) is 2.93. The minimum atomic E-state index is -3.40. The Morgan fingerprint density at radius 3 is 2.43 bits per heavy atom. The summed E-state index contributed by atoms with van der Waals surface area (Å²) < 4.78 is 27.6. The summed E-state index contributed by atoms with van der Waals surface area (Å²) in [5.74, 6) is 0. The largest absolute Gasteiger partial charge is 0.313 e. The van der Waals surface area contributed by atoms with Gasteiger partial charge in [0.1, 0.15) is 0 Å². The van der Waals surface area contributed by atoms with E-state index in [1.54, 1.807) is 12.1 Å². The topological polar surface area (TPSA) is 58.2 Å². The van der Waals surface area contributed by atoms with Crippen LogP contribution in [0, 0.1) is 0 Å². The predicted octanol–water partition coefficient (Wildman–Crippen LogP) is 2.53. The van der Waals surface area contributed by atoms with Crippen molar-refractivity contribution < 1.29 is 8.42 Å². The molecule has 0 amide bonds. The molecule has 0 aliphatic heterocycles. The normalized spacial score (nSPS) is 24.1. The first-order valence-corrected chi connectivity index (χ1v) is 10.1. The van der Waals surface area contributed by atoms with E-state index in [4.69, 9.17) is 0 Å². The molecule has 21 heavy (non-hydrogen) atoms. The zero-order chi connectivity index (χ0) is 15.5. The fourth-order valence-corrected chi connectivity index (χ4v) is 4.73. The molecule has 0 aromatic heterocycles. The van der Waals surface area contributed by atoms with Crippen molar-refractivity contribution >= 4 is 21.8 Å². The molecule has 0 saturated heterocycles. The fraction of sp³-hybridized carbons (Fsp3) is 0.600. The van der Waals surface area contributed by atoms with Crippen LogP contribution in [-0.2, 0) is 10.0 Å². The molecule has 1 aliphatic carbocycles. The third kappa shape index (κ3) is 4.22. The summed E-state index contributed by atoms with van der Waals surface area (Å²) in [6.07, 6.45) is 5.03. The van der Waals surface area contributed by atoms with Crippen molar-refractivity contribution in [3.8, 4) is 0 Å². The summed E-state index contributed by atoms with van der Waals surface area (Å²) in [6, 6.07) is 7.40. The number of nitrogens with one attached hydrogen (secondary N) is 2. The molecule has 4 nitrogen and oxygen atoms in total. The van der Waals surface area contributed by atoms with Gasteiger partial charge in [-0.15, -0.1) is 0 Å². The standard InChI is InChI=1S/C15H24N2O2S2/c1-11(16-2)12-4-8-15(9-5-12)21(18,19)17-13-6-7-14(10-13)20-3/h4-5,8-9,11,13-14,16-17H,6-7,10H2,1-3H3. The number of hydrogen-bond acceptors (Lipinski definition) is 4. The molecule has 6 heteroatoms. The van der Waals surface area contributed by atoms with Crippen LogP contribution in [0.2, 0.25) is 0 Å². The second-order valence-electron chi connectivity index (χ2n) is 5.57. The van der Waals surface area contributed by atoms with Crippen LogP contribution in [0.1, 0.15) is 37.8 Å². The Hall–Kier alpha value is -0.560. The minimum Gasteiger partial charge on any atom is -0.313 e. The highest BCUT2D eigenvalue weighted by molar-refractivity contribution is 7.99. The lowest BCUT2D eigenvalue weighted by Gasteiger charge is -2.15. The molecule has 1 saturated carbocycles. The third-order valence-corrected chi connectivity index (χ3v) is 6.79. The summed E-state index contributed by atoms with van der Waals surface area (Å²) in [6.45, 7) is 2.04. The number of sulfonamides is 1. The molecule has 0 bridgehead atoms. The number of thioether (sulfide) groups is 1.